The maximum absolute atomic E-state index is 12.7. The zero-order chi connectivity index (χ0) is 18.1. The van der Waals surface area contributed by atoms with E-state index in [0.717, 1.165) is 10.3 Å². The number of hydrogen-bond donors (Lipinski definition) is 0. The molecule has 0 aliphatic carbocycles. The smallest absolute Gasteiger partial charge is 0.267 e. The van der Waals surface area contributed by atoms with Gasteiger partial charge in [-0.3, -0.25) is 4.79 Å². The first-order chi connectivity index (χ1) is 12.6. The Morgan fingerprint density at radius 3 is 2.04 bits per heavy atom. The highest BCUT2D eigenvalue weighted by molar-refractivity contribution is 9.10. The lowest BCUT2D eigenvalue weighted by Crippen LogP contribution is -2.21. The highest BCUT2D eigenvalue weighted by atomic mass is 79.9. The first-order valence-corrected chi connectivity index (χ1v) is 9.84. The molecule has 0 amide bonds. The molecule has 26 heavy (non-hydrogen) atoms. The Morgan fingerprint density at radius 1 is 0.769 bits per heavy atom. The average molecular weight is 425 g/mol. The molecule has 0 aliphatic rings. The fourth-order valence-electron chi connectivity index (χ4n) is 2.72. The zero-order valence-electron chi connectivity index (χ0n) is 13.5. The number of rotatable bonds is 3. The van der Waals surface area contributed by atoms with Crippen LogP contribution >= 0.6 is 15.9 Å². The van der Waals surface area contributed by atoms with Crippen molar-refractivity contribution < 1.29 is 4.21 Å². The molecule has 3 aromatic carbocycles. The van der Waals surface area contributed by atoms with Crippen LogP contribution in [0.3, 0.4) is 0 Å². The summed E-state index contributed by atoms with van der Waals surface area (Å²) in [5.74, 6) is 0. The van der Waals surface area contributed by atoms with Gasteiger partial charge in [0.05, 0.1) is 21.9 Å². The van der Waals surface area contributed by atoms with E-state index in [4.69, 9.17) is 0 Å². The summed E-state index contributed by atoms with van der Waals surface area (Å²) < 4.78 is 14.6. The molecule has 4 rings (SSSR count). The van der Waals surface area contributed by atoms with Crippen LogP contribution in [0, 0.1) is 0 Å². The third kappa shape index (κ3) is 3.02. The molecule has 128 valence electrons. The highest BCUT2D eigenvalue weighted by Crippen LogP contribution is 2.21. The van der Waals surface area contributed by atoms with Gasteiger partial charge in [0.1, 0.15) is 4.60 Å². The van der Waals surface area contributed by atoms with Crippen molar-refractivity contribution in [2.24, 2.45) is 0 Å². The second kappa shape index (κ2) is 6.97. The van der Waals surface area contributed by atoms with E-state index in [1.807, 2.05) is 48.5 Å². The molecule has 4 nitrogen and oxygen atoms in total. The number of hydrogen-bond acceptors (Lipinski definition) is 3. The lowest BCUT2D eigenvalue weighted by molar-refractivity contribution is 0.683. The molecule has 6 heteroatoms. The minimum atomic E-state index is -1.26. The van der Waals surface area contributed by atoms with Crippen molar-refractivity contribution in [1.29, 1.82) is 0 Å². The molecule has 0 bridgehead atoms. The van der Waals surface area contributed by atoms with Crippen LogP contribution < -0.4 is 5.56 Å². The van der Waals surface area contributed by atoms with Crippen molar-refractivity contribution in [2.75, 3.05) is 0 Å². The van der Waals surface area contributed by atoms with Crippen LogP contribution in [0.5, 0.6) is 0 Å². The van der Waals surface area contributed by atoms with E-state index in [1.54, 1.807) is 30.3 Å². The predicted octanol–water partition coefficient (Wildman–Crippen LogP) is 4.31. The minimum Gasteiger partial charge on any atom is -0.267 e. The molecule has 0 spiro atoms. The standard InChI is InChI=1S/C20H13BrN2O2S/c21-19-17-8-4-5-9-18(17)20(24)23(22-19)14-10-12-16(13-11-14)26(25)15-6-2-1-3-7-15/h1-13H. The van der Waals surface area contributed by atoms with E-state index in [2.05, 4.69) is 21.0 Å². The largest absolute Gasteiger partial charge is 0.279 e. The molecule has 0 radical (unpaired) electrons. The summed E-state index contributed by atoms with van der Waals surface area (Å²) in [7, 11) is -1.26. The fraction of sp³-hybridized carbons (Fsp3) is 0. The Morgan fingerprint density at radius 2 is 1.35 bits per heavy atom. The molecular formula is C20H13BrN2O2S. The molecule has 0 N–H and O–H groups in total. The van der Waals surface area contributed by atoms with Gasteiger partial charge in [0, 0.05) is 15.2 Å². The van der Waals surface area contributed by atoms with E-state index in [1.165, 1.54) is 4.68 Å². The number of nitrogens with zero attached hydrogens (tertiary/aromatic N) is 2. The van der Waals surface area contributed by atoms with Gasteiger partial charge in [-0.25, -0.2) is 4.21 Å². The van der Waals surface area contributed by atoms with Crippen molar-refractivity contribution in [3.8, 4) is 5.69 Å². The molecule has 0 fully saturated rings. The number of fused-ring (bicyclic) bond motifs is 1. The van der Waals surface area contributed by atoms with Crippen LogP contribution in [0.15, 0.2) is 98.1 Å². The molecule has 4 aromatic rings. The molecule has 1 aromatic heterocycles. The molecule has 0 saturated carbocycles. The maximum atomic E-state index is 12.7. The Hall–Kier alpha value is -2.57. The normalized spacial score (nSPS) is 12.2. The number of benzene rings is 3. The molecule has 0 aliphatic heterocycles. The molecule has 1 atom stereocenters. The summed E-state index contributed by atoms with van der Waals surface area (Å²) in [6, 6.07) is 23.6. The summed E-state index contributed by atoms with van der Waals surface area (Å²) in [6.07, 6.45) is 0. The first-order valence-electron chi connectivity index (χ1n) is 7.90. The Bertz CT molecular complexity index is 1170. The van der Waals surface area contributed by atoms with E-state index < -0.39 is 10.8 Å². The van der Waals surface area contributed by atoms with Crippen molar-refractivity contribution >= 4 is 37.5 Å². The van der Waals surface area contributed by atoms with E-state index in [-0.39, 0.29) is 5.56 Å². The van der Waals surface area contributed by atoms with Gasteiger partial charge in [-0.05, 0) is 58.4 Å². The van der Waals surface area contributed by atoms with Gasteiger partial charge >= 0.3 is 0 Å². The average Bonchev–Trinajstić information content (AvgIpc) is 2.71. The third-order valence-corrected chi connectivity index (χ3v) is 6.00. The van der Waals surface area contributed by atoms with E-state index in [0.29, 0.717) is 20.6 Å². The van der Waals surface area contributed by atoms with Crippen molar-refractivity contribution in [3.63, 3.8) is 0 Å². The predicted molar refractivity (Wildman–Crippen MR) is 106 cm³/mol. The van der Waals surface area contributed by atoms with Gasteiger partial charge in [-0.15, -0.1) is 0 Å². The van der Waals surface area contributed by atoms with Crippen molar-refractivity contribution in [3.05, 3.63) is 93.8 Å². The topological polar surface area (TPSA) is 52.0 Å². The van der Waals surface area contributed by atoms with Gasteiger partial charge in [0.25, 0.3) is 5.56 Å². The third-order valence-electron chi connectivity index (χ3n) is 4.01. The number of aromatic nitrogens is 2. The van der Waals surface area contributed by atoms with Crippen LogP contribution in [0.1, 0.15) is 0 Å². The van der Waals surface area contributed by atoms with Crippen molar-refractivity contribution in [2.45, 2.75) is 9.79 Å². The van der Waals surface area contributed by atoms with Crippen LogP contribution in [0.25, 0.3) is 16.5 Å². The summed E-state index contributed by atoms with van der Waals surface area (Å²) in [5, 5.41) is 5.71. The SMILES string of the molecule is O=c1c2ccccc2c(Br)nn1-c1ccc(S(=O)c2ccccc2)cc1. The van der Waals surface area contributed by atoms with E-state index >= 15 is 0 Å². The summed E-state index contributed by atoms with van der Waals surface area (Å²) >= 11 is 3.43. The van der Waals surface area contributed by atoms with Crippen LogP contribution in [-0.2, 0) is 10.8 Å². The Balaban J connectivity index is 1.76. The lowest BCUT2D eigenvalue weighted by Gasteiger charge is -2.09. The highest BCUT2D eigenvalue weighted by Gasteiger charge is 2.11. The zero-order valence-corrected chi connectivity index (χ0v) is 15.9. The number of halogens is 1. The van der Waals surface area contributed by atoms with Gasteiger partial charge in [-0.1, -0.05) is 36.4 Å². The molecule has 1 heterocycles. The van der Waals surface area contributed by atoms with Crippen molar-refractivity contribution in [1.82, 2.24) is 9.78 Å². The Labute approximate surface area is 160 Å². The second-order valence-electron chi connectivity index (χ2n) is 5.63. The van der Waals surface area contributed by atoms with Crippen LogP contribution in [0.4, 0.5) is 0 Å². The minimum absolute atomic E-state index is 0.194. The van der Waals surface area contributed by atoms with Gasteiger partial charge in [0.2, 0.25) is 0 Å². The second-order valence-corrected chi connectivity index (χ2v) is 7.86. The lowest BCUT2D eigenvalue weighted by atomic mass is 10.2. The van der Waals surface area contributed by atoms with E-state index in [9.17, 15) is 9.00 Å². The van der Waals surface area contributed by atoms with Gasteiger partial charge in [0.15, 0.2) is 0 Å². The Kier molecular flexibility index (Phi) is 4.53. The van der Waals surface area contributed by atoms with Crippen LogP contribution in [0.2, 0.25) is 0 Å². The van der Waals surface area contributed by atoms with Gasteiger partial charge < -0.3 is 0 Å². The summed E-state index contributed by atoms with van der Waals surface area (Å²) in [6.45, 7) is 0. The van der Waals surface area contributed by atoms with Gasteiger partial charge in [-0.2, -0.15) is 9.78 Å². The summed E-state index contributed by atoms with van der Waals surface area (Å²) in [5.41, 5.74) is 0.427. The summed E-state index contributed by atoms with van der Waals surface area (Å²) in [4.78, 5) is 14.2. The fourth-order valence-corrected chi connectivity index (χ4v) is 4.28. The maximum Gasteiger partial charge on any atom is 0.279 e. The van der Waals surface area contributed by atoms with Crippen LogP contribution in [-0.4, -0.2) is 14.0 Å². The monoisotopic (exact) mass is 424 g/mol. The molecule has 1 unspecified atom stereocenters. The quantitative estimate of drug-likeness (QED) is 0.492. The molecule has 0 saturated heterocycles. The first kappa shape index (κ1) is 16.9. The molecular weight excluding hydrogens is 412 g/mol.